The van der Waals surface area contributed by atoms with E-state index in [0.717, 1.165) is 25.9 Å². The molecule has 0 N–H and O–H groups in total. The molecule has 1 atom stereocenters. The fourth-order valence-corrected chi connectivity index (χ4v) is 2.71. The molecule has 0 radical (unpaired) electrons. The Morgan fingerprint density at radius 2 is 1.15 bits per heavy atom. The van der Waals surface area contributed by atoms with Crippen molar-refractivity contribution in [1.82, 2.24) is 0 Å². The van der Waals surface area contributed by atoms with Crippen molar-refractivity contribution < 1.29 is 47.4 Å². The summed E-state index contributed by atoms with van der Waals surface area (Å²) in [5, 5.41) is 0. The molecule has 1 aliphatic heterocycles. The Kier molecular flexibility index (Phi) is 18.8. The first-order valence-corrected chi connectivity index (χ1v) is 11.9. The summed E-state index contributed by atoms with van der Waals surface area (Å²) < 4.78 is 48.5. The number of carbonyl (C=O) groups excluding carboxylic acids is 1. The molecule has 33 heavy (non-hydrogen) atoms. The summed E-state index contributed by atoms with van der Waals surface area (Å²) in [4.78, 5) is 11.4. The Labute approximate surface area is 198 Å². The maximum absolute atomic E-state index is 11.4. The van der Waals surface area contributed by atoms with Gasteiger partial charge in [-0.3, -0.25) is 0 Å². The highest BCUT2D eigenvalue weighted by Gasteiger charge is 2.16. The van der Waals surface area contributed by atoms with Crippen LogP contribution in [0.5, 0.6) is 0 Å². The van der Waals surface area contributed by atoms with E-state index in [1.807, 2.05) is 20.8 Å². The van der Waals surface area contributed by atoms with Gasteiger partial charge < -0.3 is 42.6 Å². The normalized spacial score (nSPS) is 16.8. The van der Waals surface area contributed by atoms with Crippen LogP contribution in [0.15, 0.2) is 0 Å². The van der Waals surface area contributed by atoms with Gasteiger partial charge >= 0.3 is 5.97 Å². The van der Waals surface area contributed by atoms with E-state index >= 15 is 0 Å². The molecule has 1 rings (SSSR count). The number of esters is 1. The average Bonchev–Trinajstić information content (AvgIpc) is 2.77. The van der Waals surface area contributed by atoms with Crippen LogP contribution in [-0.2, 0) is 47.4 Å². The maximum atomic E-state index is 11.4. The van der Waals surface area contributed by atoms with Gasteiger partial charge in [0.05, 0.1) is 79.3 Å². The van der Waals surface area contributed by atoms with E-state index in [9.17, 15) is 4.79 Å². The molecule has 0 aromatic heterocycles. The van der Waals surface area contributed by atoms with Crippen molar-refractivity contribution in [2.75, 3.05) is 92.5 Å². The van der Waals surface area contributed by atoms with Gasteiger partial charge in [0.25, 0.3) is 0 Å². The number of ether oxygens (including phenoxy) is 9. The lowest BCUT2D eigenvalue weighted by Gasteiger charge is -2.22. The highest BCUT2D eigenvalue weighted by Crippen LogP contribution is 2.13. The molecule has 0 aromatic carbocycles. The fraction of sp³-hybridized carbons (Fsp3) is 0.957. The average molecular weight is 481 g/mol. The van der Waals surface area contributed by atoms with E-state index in [1.165, 1.54) is 0 Å². The van der Waals surface area contributed by atoms with Crippen LogP contribution in [0.1, 0.15) is 40.0 Å². The molecular formula is C23H44O10. The van der Waals surface area contributed by atoms with Crippen LogP contribution in [0.3, 0.4) is 0 Å². The van der Waals surface area contributed by atoms with Gasteiger partial charge in [-0.2, -0.15) is 0 Å². The van der Waals surface area contributed by atoms with E-state index in [1.54, 1.807) is 0 Å². The molecule has 10 nitrogen and oxygen atoms in total. The summed E-state index contributed by atoms with van der Waals surface area (Å²) >= 11 is 0. The minimum Gasteiger partial charge on any atom is -0.458 e. The summed E-state index contributed by atoms with van der Waals surface area (Å²) in [5.74, 6) is -0.379. The summed E-state index contributed by atoms with van der Waals surface area (Å²) in [5.41, 5.74) is -0.500. The molecule has 0 amide bonds. The molecular weight excluding hydrogens is 436 g/mol. The number of rotatable bonds is 21. The van der Waals surface area contributed by atoms with Gasteiger partial charge in [-0.15, -0.1) is 0 Å². The van der Waals surface area contributed by atoms with Crippen LogP contribution >= 0.6 is 0 Å². The fourth-order valence-electron chi connectivity index (χ4n) is 2.71. The molecule has 0 aromatic rings. The minimum atomic E-state index is -0.500. The topological polar surface area (TPSA) is 100 Å². The van der Waals surface area contributed by atoms with Crippen molar-refractivity contribution in [3.8, 4) is 0 Å². The van der Waals surface area contributed by atoms with Crippen molar-refractivity contribution in [1.29, 1.82) is 0 Å². The van der Waals surface area contributed by atoms with Crippen molar-refractivity contribution in [2.45, 2.75) is 51.9 Å². The maximum Gasteiger partial charge on any atom is 0.332 e. The summed E-state index contributed by atoms with van der Waals surface area (Å²) in [6.07, 6.45) is 3.19. The Morgan fingerprint density at radius 1 is 0.697 bits per heavy atom. The predicted molar refractivity (Wildman–Crippen MR) is 120 cm³/mol. The molecule has 0 bridgehead atoms. The van der Waals surface area contributed by atoms with E-state index in [0.29, 0.717) is 79.3 Å². The first-order valence-electron chi connectivity index (χ1n) is 11.9. The van der Waals surface area contributed by atoms with Crippen molar-refractivity contribution >= 4 is 5.97 Å². The summed E-state index contributed by atoms with van der Waals surface area (Å²) in [6, 6.07) is 0. The van der Waals surface area contributed by atoms with Gasteiger partial charge in [-0.1, -0.05) is 0 Å². The molecule has 0 aliphatic carbocycles. The lowest BCUT2D eigenvalue weighted by Crippen LogP contribution is -2.27. The molecule has 10 heteroatoms. The van der Waals surface area contributed by atoms with Crippen LogP contribution in [0.2, 0.25) is 0 Å². The lowest BCUT2D eigenvalue weighted by atomic mass is 10.2. The summed E-state index contributed by atoms with van der Waals surface area (Å²) in [6.45, 7) is 12.0. The van der Waals surface area contributed by atoms with E-state index in [4.69, 9.17) is 42.6 Å². The first kappa shape index (κ1) is 30.2. The molecule has 1 heterocycles. The van der Waals surface area contributed by atoms with Crippen LogP contribution in [0, 0.1) is 0 Å². The largest absolute Gasteiger partial charge is 0.458 e. The first-order chi connectivity index (χ1) is 16.0. The number of hydrogen-bond donors (Lipinski definition) is 0. The zero-order valence-corrected chi connectivity index (χ0v) is 20.7. The number of carbonyl (C=O) groups is 1. The number of hydrogen-bond acceptors (Lipinski definition) is 10. The van der Waals surface area contributed by atoms with Crippen molar-refractivity contribution in [3.63, 3.8) is 0 Å². The molecule has 196 valence electrons. The third kappa shape index (κ3) is 21.4. The van der Waals surface area contributed by atoms with Gasteiger partial charge in [0, 0.05) is 6.61 Å². The minimum absolute atomic E-state index is 0.0656. The zero-order valence-electron chi connectivity index (χ0n) is 20.7. The van der Waals surface area contributed by atoms with Crippen LogP contribution in [0.25, 0.3) is 0 Å². The highest BCUT2D eigenvalue weighted by molar-refractivity contribution is 5.71. The lowest BCUT2D eigenvalue weighted by molar-refractivity contribution is -0.169. The molecule has 1 saturated heterocycles. The second-order valence-electron chi connectivity index (χ2n) is 8.37. The molecule has 1 fully saturated rings. The van der Waals surface area contributed by atoms with E-state index in [2.05, 4.69) is 0 Å². The summed E-state index contributed by atoms with van der Waals surface area (Å²) in [7, 11) is 0. The van der Waals surface area contributed by atoms with Crippen LogP contribution < -0.4 is 0 Å². The SMILES string of the molecule is CC(C)(C)OC(=O)COCCOCCOCCOCCOCCOCCOC1CCCCO1. The quantitative estimate of drug-likeness (QED) is 0.179. The highest BCUT2D eigenvalue weighted by atomic mass is 16.7. The van der Waals surface area contributed by atoms with Crippen LogP contribution in [0.4, 0.5) is 0 Å². The Balaban J connectivity index is 1.68. The van der Waals surface area contributed by atoms with Gasteiger partial charge in [0.1, 0.15) is 12.2 Å². The second kappa shape index (κ2) is 20.5. The van der Waals surface area contributed by atoms with Gasteiger partial charge in [-0.05, 0) is 40.0 Å². The molecule has 1 aliphatic rings. The molecule has 1 unspecified atom stereocenters. The second-order valence-corrected chi connectivity index (χ2v) is 8.37. The molecule has 0 spiro atoms. The van der Waals surface area contributed by atoms with Gasteiger partial charge in [0.15, 0.2) is 6.29 Å². The van der Waals surface area contributed by atoms with Gasteiger partial charge in [0.2, 0.25) is 0 Å². The van der Waals surface area contributed by atoms with Crippen molar-refractivity contribution in [3.05, 3.63) is 0 Å². The Bertz CT molecular complexity index is 449. The smallest absolute Gasteiger partial charge is 0.332 e. The third-order valence-electron chi connectivity index (χ3n) is 4.17. The van der Waals surface area contributed by atoms with E-state index < -0.39 is 5.60 Å². The Hall–Kier alpha value is -0.850. The Morgan fingerprint density at radius 3 is 1.58 bits per heavy atom. The third-order valence-corrected chi connectivity index (χ3v) is 4.17. The van der Waals surface area contributed by atoms with Crippen molar-refractivity contribution in [2.24, 2.45) is 0 Å². The monoisotopic (exact) mass is 480 g/mol. The molecule has 0 saturated carbocycles. The van der Waals surface area contributed by atoms with Crippen LogP contribution in [-0.4, -0.2) is 110 Å². The standard InChI is InChI=1S/C23H44O10/c1-23(2,3)33-21(24)20-30-17-16-28-13-12-26-9-8-25-10-11-27-14-15-29-18-19-32-22-6-4-5-7-31-22/h22H,4-20H2,1-3H3. The zero-order chi connectivity index (χ0) is 24.0. The van der Waals surface area contributed by atoms with E-state index in [-0.39, 0.29) is 18.9 Å². The van der Waals surface area contributed by atoms with Gasteiger partial charge in [-0.25, -0.2) is 4.79 Å². The predicted octanol–water partition coefficient (Wildman–Crippen LogP) is 1.97.